The highest BCUT2D eigenvalue weighted by molar-refractivity contribution is 5.32. The van der Waals surface area contributed by atoms with Crippen molar-refractivity contribution in [2.75, 3.05) is 46.4 Å². The Morgan fingerprint density at radius 2 is 1.72 bits per heavy atom. The molecule has 0 aromatic heterocycles. The quantitative estimate of drug-likeness (QED) is 0.657. The molecule has 0 bridgehead atoms. The fourth-order valence-corrected chi connectivity index (χ4v) is 5.18. The molecule has 2 atom stereocenters. The number of aliphatic hydroxyl groups is 1. The van der Waals surface area contributed by atoms with E-state index in [1.165, 1.54) is 18.6 Å². The van der Waals surface area contributed by atoms with E-state index < -0.39 is 5.60 Å². The Morgan fingerprint density at radius 3 is 2.44 bits per heavy atom. The zero-order valence-corrected chi connectivity index (χ0v) is 19.3. The molecule has 1 aliphatic heterocycles. The van der Waals surface area contributed by atoms with Gasteiger partial charge in [0.1, 0.15) is 11.6 Å². The van der Waals surface area contributed by atoms with Gasteiger partial charge < -0.3 is 19.6 Å². The molecule has 0 amide bonds. The predicted octanol–water partition coefficient (Wildman–Crippen LogP) is 4.46. The molecule has 4 rings (SSSR count). The van der Waals surface area contributed by atoms with Crippen molar-refractivity contribution in [3.05, 3.63) is 65.5 Å². The Kier molecular flexibility index (Phi) is 7.82. The van der Waals surface area contributed by atoms with Crippen LogP contribution in [0.4, 0.5) is 4.39 Å². The van der Waals surface area contributed by atoms with Crippen LogP contribution < -0.4 is 4.74 Å². The number of halogens is 1. The second-order valence-electron chi connectivity index (χ2n) is 9.55. The van der Waals surface area contributed by atoms with Crippen LogP contribution in [0.5, 0.6) is 5.75 Å². The maximum absolute atomic E-state index is 13.0. The molecule has 0 spiro atoms. The average molecular weight is 441 g/mol. The molecule has 1 saturated heterocycles. The van der Waals surface area contributed by atoms with E-state index in [2.05, 4.69) is 16.8 Å². The molecule has 1 aliphatic carbocycles. The summed E-state index contributed by atoms with van der Waals surface area (Å²) in [4.78, 5) is 4.93. The Bertz CT molecular complexity index is 834. The zero-order valence-electron chi connectivity index (χ0n) is 19.3. The van der Waals surface area contributed by atoms with Crippen LogP contribution in [0, 0.1) is 11.7 Å². The van der Waals surface area contributed by atoms with Crippen LogP contribution in [-0.2, 0) is 12.0 Å². The molecule has 2 fully saturated rings. The summed E-state index contributed by atoms with van der Waals surface area (Å²) in [7, 11) is 2.19. The standard InChI is InChI=1S/C27H37FN2O2/c1-29-17-19-30(20-18-29)16-13-23-4-2-3-15-27(23,31)24-7-11-26(12-8-24)32-21-14-22-5-9-25(28)10-6-22/h5-12,23,31H,2-4,13-21H2,1H3. The maximum atomic E-state index is 13.0. The fraction of sp³-hybridized carbons (Fsp3) is 0.556. The van der Waals surface area contributed by atoms with Crippen LogP contribution in [-0.4, -0.2) is 61.3 Å². The Hall–Kier alpha value is -1.95. The van der Waals surface area contributed by atoms with Gasteiger partial charge in [-0.05, 0) is 74.2 Å². The summed E-state index contributed by atoms with van der Waals surface area (Å²) >= 11 is 0. The minimum atomic E-state index is -0.739. The summed E-state index contributed by atoms with van der Waals surface area (Å²) < 4.78 is 18.9. The molecular formula is C27H37FN2O2. The van der Waals surface area contributed by atoms with E-state index >= 15 is 0 Å². The summed E-state index contributed by atoms with van der Waals surface area (Å²) in [5.41, 5.74) is 1.34. The monoisotopic (exact) mass is 440 g/mol. The molecular weight excluding hydrogens is 403 g/mol. The van der Waals surface area contributed by atoms with E-state index in [1.54, 1.807) is 12.1 Å². The van der Waals surface area contributed by atoms with Crippen molar-refractivity contribution in [3.63, 3.8) is 0 Å². The van der Waals surface area contributed by atoms with Gasteiger partial charge in [-0.25, -0.2) is 4.39 Å². The number of hydrogen-bond donors (Lipinski definition) is 1. The van der Waals surface area contributed by atoms with Crippen LogP contribution in [0.2, 0.25) is 0 Å². The minimum Gasteiger partial charge on any atom is -0.493 e. The third-order valence-corrected chi connectivity index (χ3v) is 7.35. The lowest BCUT2D eigenvalue weighted by Gasteiger charge is -2.42. The molecule has 174 valence electrons. The van der Waals surface area contributed by atoms with Crippen molar-refractivity contribution >= 4 is 0 Å². The highest BCUT2D eigenvalue weighted by Crippen LogP contribution is 2.43. The zero-order chi connectivity index (χ0) is 22.4. The predicted molar refractivity (Wildman–Crippen MR) is 126 cm³/mol. The first-order valence-corrected chi connectivity index (χ1v) is 12.1. The number of ether oxygens (including phenoxy) is 1. The molecule has 1 saturated carbocycles. The normalized spacial score (nSPS) is 25.0. The van der Waals surface area contributed by atoms with Crippen LogP contribution in [0.1, 0.15) is 43.2 Å². The summed E-state index contributed by atoms with van der Waals surface area (Å²) in [5, 5.41) is 11.7. The van der Waals surface area contributed by atoms with Gasteiger partial charge in [0, 0.05) is 32.6 Å². The lowest BCUT2D eigenvalue weighted by Crippen LogP contribution is -2.46. The van der Waals surface area contributed by atoms with Crippen molar-refractivity contribution < 1.29 is 14.2 Å². The number of piperazine rings is 1. The number of benzene rings is 2. The first-order valence-electron chi connectivity index (χ1n) is 12.1. The number of likely N-dealkylation sites (N-methyl/N-ethyl adjacent to an activating group) is 1. The van der Waals surface area contributed by atoms with Gasteiger partial charge in [0.25, 0.3) is 0 Å². The summed E-state index contributed by atoms with van der Waals surface area (Å²) in [6, 6.07) is 14.6. The van der Waals surface area contributed by atoms with E-state index in [-0.39, 0.29) is 5.82 Å². The van der Waals surface area contributed by atoms with Crippen LogP contribution in [0.25, 0.3) is 0 Å². The van der Waals surface area contributed by atoms with Gasteiger partial charge in [-0.15, -0.1) is 0 Å². The third-order valence-electron chi connectivity index (χ3n) is 7.35. The van der Waals surface area contributed by atoms with Crippen molar-refractivity contribution in [1.82, 2.24) is 9.80 Å². The second-order valence-corrected chi connectivity index (χ2v) is 9.55. The molecule has 2 unspecified atom stereocenters. The first kappa shape index (κ1) is 23.2. The fourth-order valence-electron chi connectivity index (χ4n) is 5.18. The summed E-state index contributed by atoms with van der Waals surface area (Å²) in [6.07, 6.45) is 6.01. The van der Waals surface area contributed by atoms with Gasteiger partial charge in [0.05, 0.1) is 12.2 Å². The van der Waals surface area contributed by atoms with Crippen LogP contribution in [0.3, 0.4) is 0 Å². The van der Waals surface area contributed by atoms with Gasteiger partial charge in [-0.2, -0.15) is 0 Å². The van der Waals surface area contributed by atoms with Gasteiger partial charge in [-0.1, -0.05) is 37.1 Å². The summed E-state index contributed by atoms with van der Waals surface area (Å²) in [6.45, 7) is 6.15. The summed E-state index contributed by atoms with van der Waals surface area (Å²) in [5.74, 6) is 0.901. The van der Waals surface area contributed by atoms with Gasteiger partial charge in [-0.3, -0.25) is 0 Å². The number of hydrogen-bond acceptors (Lipinski definition) is 4. The topological polar surface area (TPSA) is 35.9 Å². The Labute approximate surface area is 192 Å². The van der Waals surface area contributed by atoms with Crippen molar-refractivity contribution in [3.8, 4) is 5.75 Å². The minimum absolute atomic E-state index is 0.215. The molecule has 2 aliphatic rings. The van der Waals surface area contributed by atoms with E-state index in [0.717, 1.165) is 81.7 Å². The third kappa shape index (κ3) is 5.89. The van der Waals surface area contributed by atoms with Crippen molar-refractivity contribution in [1.29, 1.82) is 0 Å². The van der Waals surface area contributed by atoms with E-state index in [9.17, 15) is 9.50 Å². The van der Waals surface area contributed by atoms with Gasteiger partial charge >= 0.3 is 0 Å². The van der Waals surface area contributed by atoms with Crippen LogP contribution >= 0.6 is 0 Å². The second kappa shape index (κ2) is 10.8. The largest absolute Gasteiger partial charge is 0.493 e. The lowest BCUT2D eigenvalue weighted by molar-refractivity contribution is -0.0608. The van der Waals surface area contributed by atoms with E-state index in [4.69, 9.17) is 4.74 Å². The first-order chi connectivity index (χ1) is 15.5. The smallest absolute Gasteiger partial charge is 0.123 e. The number of rotatable bonds is 8. The molecule has 0 radical (unpaired) electrons. The maximum Gasteiger partial charge on any atom is 0.123 e. The molecule has 1 heterocycles. The Morgan fingerprint density at radius 1 is 1.00 bits per heavy atom. The van der Waals surface area contributed by atoms with Crippen molar-refractivity contribution in [2.24, 2.45) is 5.92 Å². The van der Waals surface area contributed by atoms with Gasteiger partial charge in [0.15, 0.2) is 0 Å². The number of nitrogens with zero attached hydrogens (tertiary/aromatic N) is 2. The molecule has 2 aromatic carbocycles. The van der Waals surface area contributed by atoms with Gasteiger partial charge in [0.2, 0.25) is 0 Å². The highest BCUT2D eigenvalue weighted by Gasteiger charge is 2.40. The Balaban J connectivity index is 1.32. The lowest BCUT2D eigenvalue weighted by atomic mass is 9.70. The molecule has 32 heavy (non-hydrogen) atoms. The molecule has 5 heteroatoms. The van der Waals surface area contributed by atoms with Crippen LogP contribution in [0.15, 0.2) is 48.5 Å². The van der Waals surface area contributed by atoms with E-state index in [1.807, 2.05) is 24.3 Å². The highest BCUT2D eigenvalue weighted by atomic mass is 19.1. The van der Waals surface area contributed by atoms with E-state index in [0.29, 0.717) is 12.5 Å². The van der Waals surface area contributed by atoms with Crippen molar-refractivity contribution in [2.45, 2.75) is 44.1 Å². The molecule has 4 nitrogen and oxygen atoms in total. The molecule has 1 N–H and O–H groups in total. The average Bonchev–Trinajstić information content (AvgIpc) is 2.81. The SMILES string of the molecule is CN1CCN(CCC2CCCCC2(O)c2ccc(OCCc3ccc(F)cc3)cc2)CC1. The molecule has 2 aromatic rings.